The molecule has 148 heavy (non-hydrogen) atoms. The van der Waals surface area contributed by atoms with Gasteiger partial charge in [-0.05, 0) is 202 Å². The molecule has 5 N–H and O–H groups in total. The number of ether oxygens (including phenoxy) is 5. The van der Waals surface area contributed by atoms with Gasteiger partial charge in [0.2, 0.25) is 0 Å². The first-order valence-corrected chi connectivity index (χ1v) is 54.0. The summed E-state index contributed by atoms with van der Waals surface area (Å²) in [6.45, 7) is 39.3. The number of nitrogens with one attached hydrogen (secondary N) is 4. The average Bonchev–Trinajstić information content (AvgIpc) is 1.56. The lowest BCUT2D eigenvalue weighted by atomic mass is 9.82. The smallest absolute Gasteiger partial charge is 0.135 e. The van der Waals surface area contributed by atoms with E-state index in [9.17, 15) is 18.3 Å². The number of aromatic nitrogens is 4. The second kappa shape index (κ2) is 44.1. The molecule has 13 heterocycles. The van der Waals surface area contributed by atoms with E-state index >= 15 is 35.1 Å². The maximum absolute atomic E-state index is 15.9. The number of aliphatic hydroxyl groups is 1. The number of benzene rings is 8. The number of likely N-dealkylation sites (tertiary alicyclic amines) is 4. The summed E-state index contributed by atoms with van der Waals surface area (Å²) in [4.78, 5) is 31.0. The van der Waals surface area contributed by atoms with Crippen LogP contribution in [-0.4, -0.2) is 250 Å². The van der Waals surface area contributed by atoms with E-state index in [-0.39, 0.29) is 118 Å². The molecule has 0 spiro atoms. The minimum absolute atomic E-state index is 0.0201. The summed E-state index contributed by atoms with van der Waals surface area (Å²) in [5.74, 6) is -3.27. The van der Waals surface area contributed by atoms with Gasteiger partial charge in [-0.15, -0.1) is 0 Å². The molecular weight excluding hydrogens is 1930 g/mol. The van der Waals surface area contributed by atoms with Crippen LogP contribution in [0.15, 0.2) is 133 Å². The van der Waals surface area contributed by atoms with E-state index in [2.05, 4.69) is 110 Å². The monoisotopic (exact) mass is 2070 g/mol. The molecule has 1 saturated carbocycles. The Kier molecular flexibility index (Phi) is 31.8. The van der Waals surface area contributed by atoms with Gasteiger partial charge in [0, 0.05) is 275 Å². The van der Waals surface area contributed by atoms with E-state index in [1.54, 1.807) is 17.0 Å². The molecule has 1 aliphatic carbocycles. The van der Waals surface area contributed by atoms with E-state index in [0.29, 0.717) is 86.2 Å². The highest BCUT2D eigenvalue weighted by molar-refractivity contribution is 6.31. The summed E-state index contributed by atoms with van der Waals surface area (Å²) in [5.41, 5.74) is 7.06. The number of fused-ring (bicyclic) bond motifs is 12. The molecule has 0 amide bonds. The fourth-order valence-electron chi connectivity index (χ4n) is 24.2. The Morgan fingerprint density at radius 3 is 1.09 bits per heavy atom. The van der Waals surface area contributed by atoms with Crippen LogP contribution in [0, 0.1) is 75.0 Å². The predicted octanol–water partition coefficient (Wildman–Crippen LogP) is 24.4. The molecule has 0 unspecified atom stereocenters. The molecule has 5 saturated heterocycles. The maximum atomic E-state index is 15.9. The molecule has 796 valence electrons. The molecule has 22 rings (SSSR count). The van der Waals surface area contributed by atoms with Crippen molar-refractivity contribution in [1.82, 2.24) is 59.1 Å². The van der Waals surface area contributed by atoms with Crippen molar-refractivity contribution in [3.05, 3.63) is 258 Å². The van der Waals surface area contributed by atoms with Crippen molar-refractivity contribution >= 4 is 55.2 Å². The fraction of sp³-hybridized carbons (Fsp3) is 0.525. The van der Waals surface area contributed by atoms with E-state index in [1.807, 2.05) is 67.3 Å². The minimum atomic E-state index is -1.59. The zero-order valence-electron chi connectivity index (χ0n) is 87.6. The van der Waals surface area contributed by atoms with Gasteiger partial charge in [0.25, 0.3) is 0 Å². The lowest BCUT2D eigenvalue weighted by Gasteiger charge is -2.48. The number of alkyl halides is 2. The second-order valence-electron chi connectivity index (χ2n) is 45.6. The molecule has 9 aliphatic heterocycles. The SMILES string of the molecule is CCC1CN(CCOc2cc(F)c([C@@H]3c4[nH]c5ccccc5c4C[C@@H](C)N3CC3(CO)CC3)c(F)c2)C1.CCC1CN(CCOc2cc(F)c([C@H]3c4[nH]c5ccc(F)cc5c4C[C@H](C)N3CC(C)(C)F)c(F)c2)C1.CCCCN1CC(Oc2cc(F)c([C@@H]3c4[nH]c5ccccc5c4C[C@@H](C)N3CC3(C)COC3)c(F)c2)C1.CCCCN1CC(Oc2cc(F)c([C@H]3c4[nH]c5ccc(Cl)cc5c4C[C@H](C)N3CC(C)(C)F)c(F)c2)C1. The van der Waals surface area contributed by atoms with Gasteiger partial charge in [0.1, 0.15) is 112 Å². The number of hydrogen-bond acceptors (Lipinski definition) is 14. The zero-order valence-corrected chi connectivity index (χ0v) is 88.3. The van der Waals surface area contributed by atoms with Gasteiger partial charge in [-0.25, -0.2) is 48.3 Å². The summed E-state index contributed by atoms with van der Waals surface area (Å²) in [6, 6.07) is 33.5. The first-order valence-electron chi connectivity index (χ1n) is 53.7. The molecule has 10 aliphatic rings. The van der Waals surface area contributed by atoms with E-state index in [4.69, 9.17) is 35.3 Å². The zero-order chi connectivity index (χ0) is 104. The molecule has 8 aromatic carbocycles. The third kappa shape index (κ3) is 22.8. The number of H-pyrrole nitrogens is 4. The van der Waals surface area contributed by atoms with Crippen LogP contribution in [0.5, 0.6) is 23.0 Å². The van der Waals surface area contributed by atoms with Crippen molar-refractivity contribution in [2.45, 2.75) is 239 Å². The van der Waals surface area contributed by atoms with Crippen molar-refractivity contribution in [1.29, 1.82) is 0 Å². The topological polar surface area (TPSA) is 155 Å². The number of para-hydroxylation sites is 2. The molecule has 4 aromatic heterocycles. The van der Waals surface area contributed by atoms with E-state index in [1.165, 1.54) is 94.8 Å². The summed E-state index contributed by atoms with van der Waals surface area (Å²) in [5, 5.41) is 14.5. The average molecular weight is 2070 g/mol. The maximum Gasteiger partial charge on any atom is 0.135 e. The normalized spacial score (nSPS) is 22.6. The number of aliphatic hydroxyl groups excluding tert-OH is 1. The Labute approximate surface area is 867 Å². The molecular formula is C118H144ClF11N12O6. The van der Waals surface area contributed by atoms with Crippen molar-refractivity contribution in [2.75, 3.05) is 138 Å². The minimum Gasteiger partial charge on any atom is -0.492 e. The van der Waals surface area contributed by atoms with Gasteiger partial charge in [-0.2, -0.15) is 0 Å². The quantitative estimate of drug-likeness (QED) is 0.0248. The van der Waals surface area contributed by atoms with Gasteiger partial charge in [-0.1, -0.05) is 108 Å². The highest BCUT2D eigenvalue weighted by atomic mass is 35.5. The standard InChI is InChI=1S/2C30H37F2N3O2.C29H35ClF3N3O.C29H35F4N3O/c1-4-5-10-34-14-21(15-34)37-20-12-24(31)27(25(32)13-20)29-28-23(22-8-6-7-9-26(22)33-28)11-19(2)35(29)16-30(3)17-36-18-30;1-3-20-15-34(16-20)10-11-37-21-13-24(31)27(25(32)14-21)29-28-23(22-6-4-5-7-26(22)33-28)12-19(2)35(29)17-30(18-36)8-9-30;1-5-6-9-35-14-20(15-35)37-19-12-23(31)26(24(32)13-19)28-27-22(10-17(2)36(28)16-29(3,4)33)21-11-18(30)7-8-25(21)34-27;1-5-18-14-35(15-18)8-9-37-20-12-23(31)26(24(32)13-20)28-27-22(10-17(2)36(28)16-29(3,4)33)21-11-19(30)6-7-25(21)34-27/h6-9,12-13,19,21,29,33H,4-5,10-11,14-18H2,1-3H3;4-7,13-14,19-20,29,33,36H,3,8-12,15-18H2,1-2H3;7-8,11-13,17,20,28,34H,5-6,9-10,14-16H2,1-4H3;6-7,11-13,17-18,28,34H,5,8-10,14-16H2,1-4H3/t2*19-,29-;2*17-,28-/m1100/s1. The van der Waals surface area contributed by atoms with Crippen molar-refractivity contribution in [3.8, 4) is 23.0 Å². The second-order valence-corrected chi connectivity index (χ2v) is 46.1. The Bertz CT molecular complexity index is 6600. The van der Waals surface area contributed by atoms with Gasteiger partial charge < -0.3 is 48.7 Å². The number of aromatic amines is 4. The van der Waals surface area contributed by atoms with Gasteiger partial charge in [0.15, 0.2) is 0 Å². The largest absolute Gasteiger partial charge is 0.492 e. The van der Waals surface area contributed by atoms with Crippen LogP contribution in [-0.2, 0) is 30.4 Å². The Morgan fingerprint density at radius 2 is 0.736 bits per heavy atom. The Hall–Kier alpha value is -9.76. The summed E-state index contributed by atoms with van der Waals surface area (Å²) < 4.78 is 199. The molecule has 6 fully saturated rings. The van der Waals surface area contributed by atoms with Gasteiger partial charge in [0.05, 0.1) is 37.4 Å². The first-order chi connectivity index (χ1) is 70.8. The number of unbranched alkanes of at least 4 members (excludes halogenated alkanes) is 2. The molecule has 18 nitrogen and oxygen atoms in total. The number of rotatable bonds is 33. The predicted molar refractivity (Wildman–Crippen MR) is 561 cm³/mol. The number of halogens is 12. The Balaban J connectivity index is 0.000000124. The summed E-state index contributed by atoms with van der Waals surface area (Å²) >= 11 is 6.27. The number of hydrogen-bond donors (Lipinski definition) is 5. The molecule has 0 bridgehead atoms. The molecule has 8 atom stereocenters. The summed E-state index contributed by atoms with van der Waals surface area (Å²) in [7, 11) is 0. The third-order valence-electron chi connectivity index (χ3n) is 32.6. The van der Waals surface area contributed by atoms with Crippen molar-refractivity contribution in [2.24, 2.45) is 22.7 Å². The fourth-order valence-corrected chi connectivity index (χ4v) is 24.4. The van der Waals surface area contributed by atoms with Crippen LogP contribution in [0.4, 0.5) is 48.3 Å². The van der Waals surface area contributed by atoms with Crippen LogP contribution in [0.1, 0.15) is 233 Å². The van der Waals surface area contributed by atoms with Gasteiger partial charge in [-0.3, -0.25) is 39.2 Å². The molecule has 12 aromatic rings. The molecule has 30 heteroatoms. The number of nitrogens with zero attached hydrogens (tertiary/aromatic N) is 8. The van der Waals surface area contributed by atoms with Crippen LogP contribution in [0.3, 0.4) is 0 Å². The highest BCUT2D eigenvalue weighted by Gasteiger charge is 2.51. The van der Waals surface area contributed by atoms with Crippen molar-refractivity contribution < 1.29 is 77.1 Å². The van der Waals surface area contributed by atoms with Gasteiger partial charge >= 0.3 is 0 Å². The van der Waals surface area contributed by atoms with E-state index < -0.39 is 82.0 Å². The van der Waals surface area contributed by atoms with Crippen LogP contribution < -0.4 is 18.9 Å². The van der Waals surface area contributed by atoms with Crippen LogP contribution in [0.2, 0.25) is 5.02 Å². The van der Waals surface area contributed by atoms with Crippen LogP contribution >= 0.6 is 11.6 Å². The lowest BCUT2D eigenvalue weighted by Crippen LogP contribution is -2.54. The third-order valence-corrected chi connectivity index (χ3v) is 32.8. The van der Waals surface area contributed by atoms with Crippen LogP contribution in [0.25, 0.3) is 43.6 Å². The summed E-state index contributed by atoms with van der Waals surface area (Å²) in [6.07, 6.45) is 11.4. The van der Waals surface area contributed by atoms with Crippen molar-refractivity contribution in [3.63, 3.8) is 0 Å². The first kappa shape index (κ1) is 107. The van der Waals surface area contributed by atoms with E-state index in [0.717, 1.165) is 208 Å². The Morgan fingerprint density at radius 1 is 0.405 bits per heavy atom. The highest BCUT2D eigenvalue weighted by Crippen LogP contribution is 2.54. The lowest BCUT2D eigenvalue weighted by molar-refractivity contribution is -0.123. The molecule has 0 radical (unpaired) electrons.